The Morgan fingerprint density at radius 1 is 1.28 bits per heavy atom. The summed E-state index contributed by atoms with van der Waals surface area (Å²) < 4.78 is 5.95. The third-order valence-electron chi connectivity index (χ3n) is 5.98. The fourth-order valence-corrected chi connectivity index (χ4v) is 5.32. The van der Waals surface area contributed by atoms with Crippen LogP contribution in [0.25, 0.3) is 11.0 Å². The summed E-state index contributed by atoms with van der Waals surface area (Å²) in [5.74, 6) is 0.518. The molecule has 3 aliphatic heterocycles. The van der Waals surface area contributed by atoms with Crippen LogP contribution in [0.1, 0.15) is 42.4 Å². The van der Waals surface area contributed by atoms with E-state index in [1.807, 2.05) is 30.4 Å². The molecule has 0 spiro atoms. The number of nitrogens with zero attached hydrogens (tertiary/aromatic N) is 2. The first-order chi connectivity index (χ1) is 14.1. The van der Waals surface area contributed by atoms with Crippen LogP contribution in [0.2, 0.25) is 0 Å². The van der Waals surface area contributed by atoms with E-state index in [4.69, 9.17) is 4.42 Å². The van der Waals surface area contributed by atoms with Crippen LogP contribution in [0, 0.1) is 0 Å². The molecule has 29 heavy (non-hydrogen) atoms. The first-order valence-corrected chi connectivity index (χ1v) is 11.1. The Balaban J connectivity index is 1.70. The molecule has 0 aliphatic carbocycles. The molecular formula is C24H24N2O2S. The SMILES string of the molecule is C=C1/C=C\C=C/C/N=C(/c2cc3cc4c5c(c3oc2=O)CCCN5CCC4C)S1. The van der Waals surface area contributed by atoms with Gasteiger partial charge in [0.25, 0.3) is 0 Å². The molecule has 3 aliphatic rings. The van der Waals surface area contributed by atoms with Gasteiger partial charge in [0.1, 0.15) is 10.6 Å². The zero-order valence-electron chi connectivity index (χ0n) is 16.6. The van der Waals surface area contributed by atoms with Crippen molar-refractivity contribution in [2.75, 3.05) is 24.5 Å². The van der Waals surface area contributed by atoms with Crippen molar-refractivity contribution in [3.8, 4) is 0 Å². The van der Waals surface area contributed by atoms with E-state index in [9.17, 15) is 4.79 Å². The van der Waals surface area contributed by atoms with Crippen molar-refractivity contribution in [2.45, 2.75) is 32.1 Å². The fraction of sp³-hybridized carbons (Fsp3) is 0.333. The van der Waals surface area contributed by atoms with E-state index in [-0.39, 0.29) is 5.63 Å². The van der Waals surface area contributed by atoms with Gasteiger partial charge in [0.2, 0.25) is 0 Å². The van der Waals surface area contributed by atoms with E-state index in [0.717, 1.165) is 41.8 Å². The second-order valence-electron chi connectivity index (χ2n) is 7.94. The molecule has 4 nitrogen and oxygen atoms in total. The molecule has 0 saturated heterocycles. The van der Waals surface area contributed by atoms with Gasteiger partial charge in [-0.2, -0.15) is 0 Å². The van der Waals surface area contributed by atoms with Crippen LogP contribution in [-0.4, -0.2) is 24.7 Å². The van der Waals surface area contributed by atoms with Crippen molar-refractivity contribution in [1.82, 2.24) is 0 Å². The third-order valence-corrected chi connectivity index (χ3v) is 6.92. The minimum Gasteiger partial charge on any atom is -0.422 e. The molecule has 0 radical (unpaired) electrons. The van der Waals surface area contributed by atoms with Crippen molar-refractivity contribution in [3.05, 3.63) is 75.0 Å². The summed E-state index contributed by atoms with van der Waals surface area (Å²) in [6.07, 6.45) is 11.0. The van der Waals surface area contributed by atoms with E-state index in [0.29, 0.717) is 23.1 Å². The number of hydrogen-bond donors (Lipinski definition) is 0. The maximum Gasteiger partial charge on any atom is 0.346 e. The largest absolute Gasteiger partial charge is 0.422 e. The highest BCUT2D eigenvalue weighted by Crippen LogP contribution is 2.44. The molecule has 0 fully saturated rings. The Bertz CT molecular complexity index is 1160. The summed E-state index contributed by atoms with van der Waals surface area (Å²) in [6.45, 7) is 9.07. The van der Waals surface area contributed by atoms with Crippen molar-refractivity contribution in [3.63, 3.8) is 0 Å². The molecule has 1 aromatic carbocycles. The van der Waals surface area contributed by atoms with Crippen molar-refractivity contribution < 1.29 is 4.42 Å². The van der Waals surface area contributed by atoms with E-state index >= 15 is 0 Å². The molecule has 0 amide bonds. The number of fused-ring (bicyclic) bond motifs is 2. The van der Waals surface area contributed by atoms with Crippen molar-refractivity contribution in [2.24, 2.45) is 4.99 Å². The van der Waals surface area contributed by atoms with Crippen LogP contribution < -0.4 is 10.5 Å². The lowest BCUT2D eigenvalue weighted by Crippen LogP contribution is -2.35. The molecule has 4 heterocycles. The lowest BCUT2D eigenvalue weighted by atomic mass is 9.84. The maximum atomic E-state index is 13.0. The number of allylic oxidation sites excluding steroid dienone is 3. The lowest BCUT2D eigenvalue weighted by Gasteiger charge is -2.39. The number of anilines is 1. The van der Waals surface area contributed by atoms with Gasteiger partial charge in [-0.15, -0.1) is 0 Å². The van der Waals surface area contributed by atoms with Crippen LogP contribution in [0.4, 0.5) is 5.69 Å². The van der Waals surface area contributed by atoms with Gasteiger partial charge in [-0.05, 0) is 49.0 Å². The van der Waals surface area contributed by atoms with Crippen molar-refractivity contribution >= 4 is 33.5 Å². The second kappa shape index (κ2) is 7.38. The van der Waals surface area contributed by atoms with Gasteiger partial charge < -0.3 is 9.32 Å². The normalized spacial score (nSPS) is 25.4. The highest BCUT2D eigenvalue weighted by Gasteiger charge is 2.30. The molecule has 2 aromatic rings. The number of thioether (sulfide) groups is 1. The quantitative estimate of drug-likeness (QED) is 0.615. The second-order valence-corrected chi connectivity index (χ2v) is 9.06. The average Bonchev–Trinajstić information content (AvgIpc) is 2.82. The van der Waals surface area contributed by atoms with Crippen LogP contribution in [0.3, 0.4) is 0 Å². The standard InChI is InChI=1S/C24H24N2O2S/c1-15-9-12-26-11-6-8-18-21(26)19(15)13-17-14-20(24(27)28-22(17)18)23-25-10-5-3-4-7-16(2)29-23/h3-5,7,13-15H,2,6,8-12H2,1H3/b5-3-,7-4-,25-23-. The minimum absolute atomic E-state index is 0.319. The van der Waals surface area contributed by atoms with Crippen molar-refractivity contribution in [1.29, 1.82) is 0 Å². The Hall–Kier alpha value is -2.53. The van der Waals surface area contributed by atoms with Gasteiger partial charge in [-0.1, -0.05) is 43.5 Å². The van der Waals surface area contributed by atoms with Gasteiger partial charge in [-0.3, -0.25) is 4.99 Å². The average molecular weight is 405 g/mol. The lowest BCUT2D eigenvalue weighted by molar-refractivity contribution is 0.542. The molecule has 1 aromatic heterocycles. The zero-order valence-corrected chi connectivity index (χ0v) is 17.4. The predicted octanol–water partition coefficient (Wildman–Crippen LogP) is 5.17. The fourth-order valence-electron chi connectivity index (χ4n) is 4.53. The number of rotatable bonds is 1. The van der Waals surface area contributed by atoms with E-state index in [1.165, 1.54) is 35.0 Å². The highest BCUT2D eigenvalue weighted by molar-refractivity contribution is 8.17. The topological polar surface area (TPSA) is 45.8 Å². The number of aliphatic imine (C=N–C) groups is 1. The Kier molecular flexibility index (Phi) is 4.70. The molecule has 5 rings (SSSR count). The molecule has 0 bridgehead atoms. The molecular weight excluding hydrogens is 380 g/mol. The monoisotopic (exact) mass is 404 g/mol. The predicted molar refractivity (Wildman–Crippen MR) is 122 cm³/mol. The van der Waals surface area contributed by atoms with Crippen LogP contribution in [-0.2, 0) is 6.42 Å². The molecule has 0 N–H and O–H groups in total. The van der Waals surface area contributed by atoms with Gasteiger partial charge in [-0.25, -0.2) is 4.79 Å². The molecule has 0 saturated carbocycles. The summed E-state index contributed by atoms with van der Waals surface area (Å²) in [5.41, 5.74) is 4.87. The van der Waals surface area contributed by atoms with Gasteiger partial charge in [0.05, 0.1) is 12.1 Å². The smallest absolute Gasteiger partial charge is 0.346 e. The first kappa shape index (κ1) is 18.5. The zero-order chi connectivity index (χ0) is 20.0. The highest BCUT2D eigenvalue weighted by atomic mass is 32.2. The summed E-state index contributed by atoms with van der Waals surface area (Å²) in [5, 5.41) is 1.67. The summed E-state index contributed by atoms with van der Waals surface area (Å²) in [6, 6.07) is 4.21. The van der Waals surface area contributed by atoms with Gasteiger partial charge >= 0.3 is 5.63 Å². The molecule has 1 unspecified atom stereocenters. The van der Waals surface area contributed by atoms with E-state index < -0.39 is 0 Å². The van der Waals surface area contributed by atoms with Crippen LogP contribution in [0.15, 0.2) is 62.1 Å². The van der Waals surface area contributed by atoms with Crippen LogP contribution >= 0.6 is 11.8 Å². The van der Waals surface area contributed by atoms with E-state index in [2.05, 4.69) is 29.5 Å². The van der Waals surface area contributed by atoms with Crippen LogP contribution in [0.5, 0.6) is 0 Å². The molecule has 5 heteroatoms. The third kappa shape index (κ3) is 3.27. The first-order valence-electron chi connectivity index (χ1n) is 10.2. The van der Waals surface area contributed by atoms with Gasteiger partial charge in [0, 0.05) is 34.6 Å². The number of hydrogen-bond acceptors (Lipinski definition) is 5. The Morgan fingerprint density at radius 2 is 2.17 bits per heavy atom. The number of benzene rings is 1. The maximum absolute atomic E-state index is 13.0. The summed E-state index contributed by atoms with van der Waals surface area (Å²) in [4.78, 5) is 20.9. The van der Waals surface area contributed by atoms with Gasteiger partial charge in [0.15, 0.2) is 0 Å². The van der Waals surface area contributed by atoms with E-state index in [1.54, 1.807) is 0 Å². The molecule has 1 atom stereocenters. The molecule has 148 valence electrons. The number of aryl methyl sites for hydroxylation is 1. The Labute approximate surface area is 174 Å². The minimum atomic E-state index is -0.319. The summed E-state index contributed by atoms with van der Waals surface area (Å²) in [7, 11) is 0. The Morgan fingerprint density at radius 3 is 3.07 bits per heavy atom. The summed E-state index contributed by atoms with van der Waals surface area (Å²) >= 11 is 1.42.